The highest BCUT2D eigenvalue weighted by molar-refractivity contribution is 5.91. The van der Waals surface area contributed by atoms with E-state index in [2.05, 4.69) is 25.7 Å². The average Bonchev–Trinajstić information content (AvgIpc) is 3.10. The van der Waals surface area contributed by atoms with Gasteiger partial charge in [0.2, 0.25) is 0 Å². The lowest BCUT2D eigenvalue weighted by atomic mass is 10.4. The van der Waals surface area contributed by atoms with E-state index in [-0.39, 0.29) is 13.2 Å². The maximum Gasteiger partial charge on any atom is 0.413 e. The van der Waals surface area contributed by atoms with Crippen LogP contribution in [0.3, 0.4) is 0 Å². The molecule has 8 nitrogen and oxygen atoms in total. The first-order valence-corrected chi connectivity index (χ1v) is 6.73. The first-order valence-electron chi connectivity index (χ1n) is 6.73. The second kappa shape index (κ2) is 6.99. The Morgan fingerprint density at radius 1 is 1.50 bits per heavy atom. The molecule has 1 fully saturated rings. The highest BCUT2D eigenvalue weighted by Crippen LogP contribution is 2.27. The minimum absolute atomic E-state index is 0.0611. The van der Waals surface area contributed by atoms with Gasteiger partial charge in [0.05, 0.1) is 18.5 Å². The summed E-state index contributed by atoms with van der Waals surface area (Å²) in [5.74, 6) is 0.325. The molecule has 0 spiro atoms. The van der Waals surface area contributed by atoms with Crippen molar-refractivity contribution >= 4 is 12.0 Å². The standard InChI is InChI=1S/C12H19N5O3/c1-2-20-12(19)14-11(18)8-17-7-10(15-16-17)6-13-5-9-3-4-9/h7,9,13H,2-6,8H2,1H3,(H,14,18,19). The average molecular weight is 281 g/mol. The molecule has 1 aliphatic rings. The molecule has 2 amide bonds. The van der Waals surface area contributed by atoms with Crippen molar-refractivity contribution in [2.24, 2.45) is 5.92 Å². The molecule has 1 aromatic heterocycles. The maximum absolute atomic E-state index is 11.5. The van der Waals surface area contributed by atoms with Gasteiger partial charge in [-0.25, -0.2) is 9.48 Å². The Bertz CT molecular complexity index is 469. The summed E-state index contributed by atoms with van der Waals surface area (Å²) < 4.78 is 6.00. The van der Waals surface area contributed by atoms with Crippen LogP contribution in [-0.4, -0.2) is 40.1 Å². The number of hydrogen-bond donors (Lipinski definition) is 2. The number of imide groups is 1. The molecule has 2 rings (SSSR count). The molecule has 2 N–H and O–H groups in total. The van der Waals surface area contributed by atoms with Crippen LogP contribution in [0.15, 0.2) is 6.20 Å². The van der Waals surface area contributed by atoms with Gasteiger partial charge in [0.25, 0.3) is 5.91 Å². The Morgan fingerprint density at radius 3 is 3.00 bits per heavy atom. The molecule has 1 aromatic rings. The number of nitrogens with zero attached hydrogens (tertiary/aromatic N) is 3. The van der Waals surface area contributed by atoms with E-state index < -0.39 is 12.0 Å². The normalized spacial score (nSPS) is 14.1. The van der Waals surface area contributed by atoms with E-state index in [1.807, 2.05) is 0 Å². The van der Waals surface area contributed by atoms with Crippen LogP contribution in [0.2, 0.25) is 0 Å². The van der Waals surface area contributed by atoms with Crippen LogP contribution in [0.5, 0.6) is 0 Å². The van der Waals surface area contributed by atoms with Crippen LogP contribution < -0.4 is 10.6 Å². The van der Waals surface area contributed by atoms with E-state index in [1.54, 1.807) is 13.1 Å². The zero-order valence-electron chi connectivity index (χ0n) is 11.5. The molecule has 0 aliphatic heterocycles. The maximum atomic E-state index is 11.5. The molecule has 0 radical (unpaired) electrons. The van der Waals surface area contributed by atoms with Gasteiger partial charge in [0.15, 0.2) is 0 Å². The van der Waals surface area contributed by atoms with Crippen molar-refractivity contribution in [3.8, 4) is 0 Å². The Balaban J connectivity index is 1.70. The zero-order valence-corrected chi connectivity index (χ0v) is 11.5. The van der Waals surface area contributed by atoms with Crippen molar-refractivity contribution in [3.63, 3.8) is 0 Å². The number of alkyl carbamates (subject to hydrolysis) is 1. The van der Waals surface area contributed by atoms with Gasteiger partial charge in [0.1, 0.15) is 6.54 Å². The summed E-state index contributed by atoms with van der Waals surface area (Å²) in [7, 11) is 0. The van der Waals surface area contributed by atoms with Gasteiger partial charge in [0, 0.05) is 6.54 Å². The lowest BCUT2D eigenvalue weighted by Crippen LogP contribution is -2.33. The molecule has 0 atom stereocenters. The Hall–Kier alpha value is -1.96. The third-order valence-corrected chi connectivity index (χ3v) is 2.84. The van der Waals surface area contributed by atoms with Gasteiger partial charge in [-0.2, -0.15) is 0 Å². The number of amides is 2. The molecule has 1 aliphatic carbocycles. The smallest absolute Gasteiger partial charge is 0.413 e. The van der Waals surface area contributed by atoms with Crippen molar-refractivity contribution in [1.82, 2.24) is 25.6 Å². The summed E-state index contributed by atoms with van der Waals surface area (Å²) in [4.78, 5) is 22.6. The minimum Gasteiger partial charge on any atom is -0.450 e. The van der Waals surface area contributed by atoms with Crippen molar-refractivity contribution in [2.45, 2.75) is 32.9 Å². The minimum atomic E-state index is -0.746. The van der Waals surface area contributed by atoms with Crippen LogP contribution in [0.25, 0.3) is 0 Å². The van der Waals surface area contributed by atoms with Gasteiger partial charge >= 0.3 is 6.09 Å². The molecule has 0 bridgehead atoms. The fourth-order valence-corrected chi connectivity index (χ4v) is 1.69. The number of ether oxygens (including phenoxy) is 1. The van der Waals surface area contributed by atoms with Gasteiger partial charge in [-0.1, -0.05) is 5.21 Å². The van der Waals surface area contributed by atoms with Gasteiger partial charge < -0.3 is 10.1 Å². The lowest BCUT2D eigenvalue weighted by molar-refractivity contribution is -0.121. The van der Waals surface area contributed by atoms with Crippen molar-refractivity contribution in [1.29, 1.82) is 0 Å². The van der Waals surface area contributed by atoms with E-state index in [0.29, 0.717) is 6.54 Å². The molecule has 20 heavy (non-hydrogen) atoms. The second-order valence-corrected chi connectivity index (χ2v) is 4.75. The Labute approximate surface area is 116 Å². The van der Waals surface area contributed by atoms with E-state index in [4.69, 9.17) is 0 Å². The molecule has 0 unspecified atom stereocenters. The SMILES string of the molecule is CCOC(=O)NC(=O)Cn1cc(CNCC2CC2)nn1. The van der Waals surface area contributed by atoms with Crippen molar-refractivity contribution < 1.29 is 14.3 Å². The number of hydrogen-bond acceptors (Lipinski definition) is 6. The summed E-state index contributed by atoms with van der Waals surface area (Å²) in [5.41, 5.74) is 0.773. The second-order valence-electron chi connectivity index (χ2n) is 4.75. The van der Waals surface area contributed by atoms with E-state index in [0.717, 1.165) is 18.2 Å². The van der Waals surface area contributed by atoms with E-state index in [9.17, 15) is 9.59 Å². The van der Waals surface area contributed by atoms with Crippen LogP contribution in [0, 0.1) is 5.92 Å². The number of aromatic nitrogens is 3. The van der Waals surface area contributed by atoms with E-state index >= 15 is 0 Å². The summed E-state index contributed by atoms with van der Waals surface area (Å²) in [6, 6.07) is 0. The quantitative estimate of drug-likeness (QED) is 0.733. The highest BCUT2D eigenvalue weighted by Gasteiger charge is 2.20. The van der Waals surface area contributed by atoms with Crippen LogP contribution in [0.4, 0.5) is 4.79 Å². The molecule has 0 aromatic carbocycles. The third-order valence-electron chi connectivity index (χ3n) is 2.84. The Morgan fingerprint density at radius 2 is 2.30 bits per heavy atom. The predicted octanol–water partition coefficient (Wildman–Crippen LogP) is 0.0504. The molecule has 110 valence electrons. The largest absolute Gasteiger partial charge is 0.450 e. The topological polar surface area (TPSA) is 98.1 Å². The number of nitrogens with one attached hydrogen (secondary N) is 2. The number of rotatable bonds is 7. The lowest BCUT2D eigenvalue weighted by Gasteiger charge is -2.03. The molecular weight excluding hydrogens is 262 g/mol. The van der Waals surface area contributed by atoms with Crippen LogP contribution in [-0.2, 0) is 22.6 Å². The third kappa shape index (κ3) is 4.96. The van der Waals surface area contributed by atoms with Gasteiger partial charge in [-0.3, -0.25) is 10.1 Å². The molecule has 1 heterocycles. The predicted molar refractivity (Wildman–Crippen MR) is 69.6 cm³/mol. The summed E-state index contributed by atoms with van der Waals surface area (Å²) in [6.07, 6.45) is 3.54. The van der Waals surface area contributed by atoms with E-state index in [1.165, 1.54) is 17.5 Å². The highest BCUT2D eigenvalue weighted by atomic mass is 16.5. The van der Waals surface area contributed by atoms with Gasteiger partial charge in [-0.15, -0.1) is 5.10 Å². The molecule has 0 saturated heterocycles. The number of carbonyl (C=O) groups is 2. The monoisotopic (exact) mass is 281 g/mol. The Kier molecular flexibility index (Phi) is 5.05. The fourth-order valence-electron chi connectivity index (χ4n) is 1.69. The zero-order chi connectivity index (χ0) is 14.4. The van der Waals surface area contributed by atoms with Gasteiger partial charge in [-0.05, 0) is 32.2 Å². The number of carbonyl (C=O) groups excluding carboxylic acids is 2. The summed E-state index contributed by atoms with van der Waals surface area (Å²) >= 11 is 0. The van der Waals surface area contributed by atoms with Crippen molar-refractivity contribution in [2.75, 3.05) is 13.2 Å². The molecule has 8 heteroatoms. The summed E-state index contributed by atoms with van der Waals surface area (Å²) in [5, 5.41) is 13.2. The fraction of sp³-hybridized carbons (Fsp3) is 0.667. The summed E-state index contributed by atoms with van der Waals surface area (Å²) in [6.45, 7) is 3.46. The van der Waals surface area contributed by atoms with Crippen LogP contribution in [0.1, 0.15) is 25.5 Å². The van der Waals surface area contributed by atoms with Crippen molar-refractivity contribution in [3.05, 3.63) is 11.9 Å². The van der Waals surface area contributed by atoms with Crippen LogP contribution >= 0.6 is 0 Å². The first-order chi connectivity index (χ1) is 9.67. The molecule has 1 saturated carbocycles. The first kappa shape index (κ1) is 14.4. The molecular formula is C12H19N5O3.